The van der Waals surface area contributed by atoms with Crippen LogP contribution in [0.25, 0.3) is 0 Å². The number of aliphatic hydroxyl groups excluding tert-OH is 1. The number of nitrogens with zero attached hydrogens (tertiary/aromatic N) is 1. The average Bonchev–Trinajstić information content (AvgIpc) is 2.59. The number of carbonyl (C=O) groups is 1. The number of aliphatic hydroxyl groups is 1. The zero-order valence-electron chi connectivity index (χ0n) is 15.9. The van der Waals surface area contributed by atoms with Crippen LogP contribution in [0.4, 0.5) is 0 Å². The predicted octanol–water partition coefficient (Wildman–Crippen LogP) is 2.34. The summed E-state index contributed by atoms with van der Waals surface area (Å²) in [4.78, 5) is 21.1. The number of phosphoric acid groups is 1. The molecular weight excluding hydrogens is 371 g/mol. The molecule has 0 aromatic heterocycles. The van der Waals surface area contributed by atoms with E-state index in [9.17, 15) is 19.4 Å². The Balaban J connectivity index is 0. The highest BCUT2D eigenvalue weighted by molar-refractivity contribution is 7.93. The van der Waals surface area contributed by atoms with Crippen LogP contribution in [-0.4, -0.2) is 54.2 Å². The van der Waals surface area contributed by atoms with E-state index in [1.807, 2.05) is 13.8 Å². The van der Waals surface area contributed by atoms with Gasteiger partial charge in [-0.25, -0.2) is 4.57 Å². The van der Waals surface area contributed by atoms with Crippen molar-refractivity contribution in [2.45, 2.75) is 47.1 Å². The fourth-order valence-corrected chi connectivity index (χ4v) is 2.15. The van der Waals surface area contributed by atoms with Gasteiger partial charge in [-0.2, -0.15) is 0 Å². The highest BCUT2D eigenvalue weighted by Crippen LogP contribution is 2.43. The first-order valence-corrected chi connectivity index (χ1v) is 10.4. The fourth-order valence-electron chi connectivity index (χ4n) is 1.34. The summed E-state index contributed by atoms with van der Waals surface area (Å²) in [5.41, 5.74) is -0.385. The molecule has 150 valence electrons. The van der Waals surface area contributed by atoms with E-state index in [1.54, 1.807) is 13.2 Å². The van der Waals surface area contributed by atoms with Crippen LogP contribution in [0.15, 0.2) is 5.16 Å². The van der Waals surface area contributed by atoms with E-state index < -0.39 is 25.2 Å². The van der Waals surface area contributed by atoms with Crippen LogP contribution < -0.4 is 5.32 Å². The molecule has 0 bridgehead atoms. The largest absolute Gasteiger partial charge is 0.471 e. The van der Waals surface area contributed by atoms with Crippen molar-refractivity contribution in [2.75, 3.05) is 26.5 Å². The molecule has 0 aliphatic rings. The standard InChI is InChI=1S/C12H25N2O7PS.C2H6/c1-9(14-21-23-5)6-7-13-11(16)10(15)12(2,3)8-20-22(17,18)19-4;1-2/h10,15H,6-8H2,1-5H3,(H,13,16)(H,17,18);1-2H3/b14-9+;. The van der Waals surface area contributed by atoms with Crippen molar-refractivity contribution in [3.8, 4) is 0 Å². The lowest BCUT2D eigenvalue weighted by Gasteiger charge is -2.29. The van der Waals surface area contributed by atoms with E-state index in [-0.39, 0.29) is 13.2 Å². The number of hydrogen-bond acceptors (Lipinski definition) is 8. The third kappa shape index (κ3) is 12.4. The normalized spacial score (nSPS) is 15.5. The number of nitrogens with one attached hydrogen (secondary N) is 1. The molecule has 0 saturated heterocycles. The first kappa shape index (κ1) is 26.6. The predicted molar refractivity (Wildman–Crippen MR) is 99.3 cm³/mol. The summed E-state index contributed by atoms with van der Waals surface area (Å²) >= 11 is 1.10. The zero-order valence-corrected chi connectivity index (χ0v) is 17.6. The number of carbonyl (C=O) groups excluding carboxylic acids is 1. The lowest BCUT2D eigenvalue weighted by Crippen LogP contribution is -2.46. The van der Waals surface area contributed by atoms with Crippen LogP contribution in [0.3, 0.4) is 0 Å². The van der Waals surface area contributed by atoms with Crippen LogP contribution in [0.2, 0.25) is 0 Å². The molecule has 3 N–H and O–H groups in total. The van der Waals surface area contributed by atoms with Gasteiger partial charge in [0.2, 0.25) is 5.91 Å². The van der Waals surface area contributed by atoms with Crippen LogP contribution in [-0.2, 0) is 22.7 Å². The molecule has 2 unspecified atom stereocenters. The zero-order chi connectivity index (χ0) is 20.1. The van der Waals surface area contributed by atoms with Crippen molar-refractivity contribution in [1.82, 2.24) is 5.32 Å². The second-order valence-corrected chi connectivity index (χ2v) is 7.47. The Bertz CT molecular complexity index is 460. The Labute approximate surface area is 154 Å². The van der Waals surface area contributed by atoms with E-state index in [4.69, 9.17) is 8.81 Å². The Hall–Kier alpha value is -0.640. The summed E-state index contributed by atoms with van der Waals surface area (Å²) in [5, 5.41) is 16.4. The molecule has 0 heterocycles. The van der Waals surface area contributed by atoms with Crippen molar-refractivity contribution >= 4 is 31.5 Å². The van der Waals surface area contributed by atoms with Crippen molar-refractivity contribution in [1.29, 1.82) is 0 Å². The summed E-state index contributed by atoms with van der Waals surface area (Å²) in [6.07, 6.45) is 0.776. The van der Waals surface area contributed by atoms with Gasteiger partial charge in [-0.1, -0.05) is 32.9 Å². The molecule has 11 heteroatoms. The van der Waals surface area contributed by atoms with Crippen LogP contribution in [0, 0.1) is 5.41 Å². The molecule has 25 heavy (non-hydrogen) atoms. The minimum Gasteiger partial charge on any atom is -0.383 e. The Morgan fingerprint density at radius 1 is 1.40 bits per heavy atom. The quantitative estimate of drug-likeness (QED) is 0.208. The molecule has 0 fully saturated rings. The van der Waals surface area contributed by atoms with Crippen molar-refractivity contribution < 1.29 is 32.7 Å². The van der Waals surface area contributed by atoms with Crippen molar-refractivity contribution in [3.63, 3.8) is 0 Å². The van der Waals surface area contributed by atoms with E-state index in [0.29, 0.717) is 12.1 Å². The third-order valence-electron chi connectivity index (χ3n) is 2.87. The highest BCUT2D eigenvalue weighted by Gasteiger charge is 2.36. The SMILES string of the molecule is CC.COP(=O)(O)OCC(C)(C)C(O)C(=O)NCC/C(C)=N/OSC. The van der Waals surface area contributed by atoms with E-state index in [2.05, 4.69) is 15.0 Å². The van der Waals surface area contributed by atoms with Gasteiger partial charge in [0.25, 0.3) is 0 Å². The third-order valence-corrected chi connectivity index (χ3v) is 4.01. The topological polar surface area (TPSA) is 127 Å². The average molecular weight is 402 g/mol. The van der Waals surface area contributed by atoms with Crippen molar-refractivity contribution in [2.24, 2.45) is 10.6 Å². The minimum atomic E-state index is -4.16. The van der Waals surface area contributed by atoms with Gasteiger partial charge < -0.3 is 19.6 Å². The molecule has 2 atom stereocenters. The number of hydrogen-bond donors (Lipinski definition) is 3. The van der Waals surface area contributed by atoms with Gasteiger partial charge in [-0.15, -0.1) is 0 Å². The summed E-state index contributed by atoms with van der Waals surface area (Å²) in [6.45, 7) is 8.76. The molecule has 0 saturated carbocycles. The Morgan fingerprint density at radius 2 is 1.96 bits per heavy atom. The molecule has 0 aliphatic carbocycles. The minimum absolute atomic E-state index is 0.274. The monoisotopic (exact) mass is 402 g/mol. The van der Waals surface area contributed by atoms with Gasteiger partial charge in [0.05, 0.1) is 24.4 Å². The number of rotatable bonds is 11. The fraction of sp³-hybridized carbons (Fsp3) is 0.857. The molecule has 0 spiro atoms. The van der Waals surface area contributed by atoms with Crippen molar-refractivity contribution in [3.05, 3.63) is 0 Å². The highest BCUT2D eigenvalue weighted by atomic mass is 32.2. The number of oxime groups is 1. The second-order valence-electron chi connectivity index (χ2n) is 5.42. The van der Waals surface area contributed by atoms with Crippen LogP contribution in [0.5, 0.6) is 0 Å². The first-order chi connectivity index (χ1) is 11.6. The molecule has 1 amide bonds. The Morgan fingerprint density at radius 3 is 2.44 bits per heavy atom. The van der Waals surface area contributed by atoms with Crippen LogP contribution >= 0.6 is 19.9 Å². The molecule has 0 aromatic rings. The molecule has 9 nitrogen and oxygen atoms in total. The second kappa shape index (κ2) is 13.5. The first-order valence-electron chi connectivity index (χ1n) is 7.78. The van der Waals surface area contributed by atoms with Gasteiger partial charge in [0.15, 0.2) is 0 Å². The molecule has 0 rings (SSSR count). The lowest BCUT2D eigenvalue weighted by atomic mass is 9.87. The van der Waals surface area contributed by atoms with Crippen LogP contribution in [0.1, 0.15) is 41.0 Å². The summed E-state index contributed by atoms with van der Waals surface area (Å²) in [5.74, 6) is -0.609. The number of amides is 1. The maximum atomic E-state index is 11.9. The van der Waals surface area contributed by atoms with Gasteiger partial charge in [0, 0.05) is 31.7 Å². The molecular formula is C14H31N2O7PS. The van der Waals surface area contributed by atoms with E-state index in [0.717, 1.165) is 19.2 Å². The lowest BCUT2D eigenvalue weighted by molar-refractivity contribution is -0.136. The number of phosphoric ester groups is 1. The summed E-state index contributed by atoms with van der Waals surface area (Å²) in [6, 6.07) is 0. The van der Waals surface area contributed by atoms with E-state index in [1.165, 1.54) is 13.8 Å². The molecule has 0 aliphatic heterocycles. The maximum absolute atomic E-state index is 11.9. The maximum Gasteiger partial charge on any atom is 0.471 e. The van der Waals surface area contributed by atoms with Gasteiger partial charge in [-0.05, 0) is 6.92 Å². The Kier molecular flexibility index (Phi) is 14.4. The smallest absolute Gasteiger partial charge is 0.383 e. The molecule has 0 aromatic carbocycles. The van der Waals surface area contributed by atoms with Gasteiger partial charge in [-0.3, -0.25) is 13.8 Å². The van der Waals surface area contributed by atoms with Gasteiger partial charge >= 0.3 is 7.82 Å². The van der Waals surface area contributed by atoms with Gasteiger partial charge in [0.1, 0.15) is 6.10 Å². The summed E-state index contributed by atoms with van der Waals surface area (Å²) < 4.78 is 25.0. The molecule has 0 radical (unpaired) electrons. The summed E-state index contributed by atoms with van der Waals surface area (Å²) in [7, 11) is -3.13. The van der Waals surface area contributed by atoms with E-state index >= 15 is 0 Å².